The van der Waals surface area contributed by atoms with Gasteiger partial charge in [0, 0.05) is 0 Å². The fourth-order valence-electron chi connectivity index (χ4n) is 6.22. The maximum absolute atomic E-state index is 5.70. The van der Waals surface area contributed by atoms with Gasteiger partial charge in [0.1, 0.15) is 44.1 Å². The maximum atomic E-state index is 5.70. The van der Waals surface area contributed by atoms with Crippen LogP contribution in [0.1, 0.15) is 0 Å². The fourth-order valence-corrected chi connectivity index (χ4v) is 6.22. The molecule has 72 heavy (non-hydrogen) atoms. The molecule has 0 aliphatic heterocycles. The quantitative estimate of drug-likeness (QED) is 0.0920. The van der Waals surface area contributed by atoms with Gasteiger partial charge >= 0.3 is 24.1 Å². The number of aromatic nitrogens is 12. The van der Waals surface area contributed by atoms with Crippen molar-refractivity contribution in [1.29, 1.82) is 0 Å². The molecule has 0 radical (unpaired) electrons. The molecule has 392 valence electrons. The summed E-state index contributed by atoms with van der Waals surface area (Å²) in [5.74, 6) is 0. The zero-order valence-electron chi connectivity index (χ0n) is 43.3. The van der Waals surface area contributed by atoms with Gasteiger partial charge in [-0.2, -0.15) is 0 Å². The van der Waals surface area contributed by atoms with E-state index in [2.05, 4.69) is 41.2 Å². The first-order valence-electron chi connectivity index (χ1n) is 21.2. The van der Waals surface area contributed by atoms with Crippen LogP contribution in [0.5, 0.6) is 0 Å². The van der Waals surface area contributed by atoms with Crippen molar-refractivity contribution in [2.45, 2.75) is 0 Å². The fraction of sp³-hybridized carbons (Fsp3) is 0.364. The van der Waals surface area contributed by atoms with E-state index in [9.17, 15) is 0 Å². The van der Waals surface area contributed by atoms with Gasteiger partial charge in [-0.15, -0.1) is 20.4 Å². The van der Waals surface area contributed by atoms with Gasteiger partial charge in [-0.1, -0.05) is 67.9 Å². The maximum Gasteiger partial charge on any atom is 0.471 e. The third-order valence-electron chi connectivity index (χ3n) is 9.02. The predicted octanol–water partition coefficient (Wildman–Crippen LogP) is -11.8. The second-order valence-corrected chi connectivity index (χ2v) is 16.5. The number of amidine groups is 4. The van der Waals surface area contributed by atoms with Crippen LogP contribution in [0.2, 0.25) is 0 Å². The minimum Gasteiger partial charge on any atom is -1.00 e. The molecule has 28 heteroatoms. The van der Waals surface area contributed by atoms with E-state index in [-0.39, 0.29) is 49.6 Å². The average molecular weight is 1080 g/mol. The van der Waals surface area contributed by atoms with Crippen LogP contribution >= 0.6 is 0 Å². The summed E-state index contributed by atoms with van der Waals surface area (Å²) in [6.45, 7) is 0. The Morgan fingerprint density at radius 3 is 0.639 bits per heavy atom. The van der Waals surface area contributed by atoms with Gasteiger partial charge < -0.3 is 49.6 Å². The summed E-state index contributed by atoms with van der Waals surface area (Å²) in [7, 11) is 30.6. The second-order valence-electron chi connectivity index (χ2n) is 16.5. The first-order chi connectivity index (χ1) is 32.4. The minimum atomic E-state index is 0. The minimum absolute atomic E-state index is 0. The molecule has 8 aromatic rings. The zero-order valence-corrected chi connectivity index (χ0v) is 46.4. The molecular formula is C44H64Cl4N20O4. The molecule has 0 saturated carbocycles. The number of rotatable bonds is 4. The van der Waals surface area contributed by atoms with Crippen LogP contribution in [-0.2, 0) is 0 Å². The van der Waals surface area contributed by atoms with E-state index in [0.717, 1.165) is 44.1 Å². The number of fused-ring (bicyclic) bond motifs is 4. The van der Waals surface area contributed by atoms with Gasteiger partial charge in [-0.25, -0.2) is 37.9 Å². The molecule has 0 spiro atoms. The molecule has 0 aliphatic carbocycles. The normalized spacial score (nSPS) is 9.78. The molecule has 0 N–H and O–H groups in total. The van der Waals surface area contributed by atoms with Crippen molar-refractivity contribution >= 4 is 68.2 Å². The number of hydrogen-bond acceptors (Lipinski definition) is 12. The van der Waals surface area contributed by atoms with E-state index in [1.807, 2.05) is 248 Å². The lowest BCUT2D eigenvalue weighted by atomic mass is 10.3. The summed E-state index contributed by atoms with van der Waals surface area (Å²) in [6.07, 6.45) is 0. The van der Waals surface area contributed by atoms with Crippen molar-refractivity contribution in [3.05, 3.63) is 97.1 Å². The molecule has 0 atom stereocenters. The van der Waals surface area contributed by atoms with Crippen molar-refractivity contribution in [3.8, 4) is 0 Å². The smallest absolute Gasteiger partial charge is 0.471 e. The van der Waals surface area contributed by atoms with Crippen LogP contribution < -0.4 is 69.0 Å². The first kappa shape index (κ1) is 62.7. The molecular weight excluding hydrogens is 1010 g/mol. The monoisotopic (exact) mass is 1080 g/mol. The Bertz CT molecular complexity index is 2650. The van der Waals surface area contributed by atoms with E-state index in [1.165, 1.54) is 19.4 Å². The summed E-state index contributed by atoms with van der Waals surface area (Å²) < 4.78 is 7.49. The van der Waals surface area contributed by atoms with Crippen molar-refractivity contribution in [2.24, 2.45) is 0 Å². The van der Waals surface area contributed by atoms with Gasteiger partial charge in [-0.05, 0) is 69.4 Å². The highest BCUT2D eigenvalue weighted by Crippen LogP contribution is 2.11. The van der Waals surface area contributed by atoms with Crippen LogP contribution in [-0.4, -0.2) is 235 Å². The standard InChI is InChI=1S/4C11H16N5O.4ClH/c4*1-14(2)11(15(3)4)17-16-10-8-6-5-7-9(10)12-13-16;;;;/h4*5-8H,1-4H3;4*1H/q4*+1;;;;/p-4. The topological polar surface area (TPSA) is 185 Å². The van der Waals surface area contributed by atoms with Crippen LogP contribution in [0.4, 0.5) is 0 Å². The third kappa shape index (κ3) is 16.4. The lowest BCUT2D eigenvalue weighted by Crippen LogP contribution is -3.00. The zero-order chi connectivity index (χ0) is 49.7. The number of hydrogen-bond donors (Lipinski definition) is 0. The molecule has 4 heterocycles. The summed E-state index contributed by atoms with van der Waals surface area (Å²) in [4.78, 5) is 36.0. The van der Waals surface area contributed by atoms with Crippen LogP contribution in [0.15, 0.2) is 97.1 Å². The first-order valence-corrected chi connectivity index (χ1v) is 21.2. The average Bonchev–Trinajstić information content (AvgIpc) is 4.11. The lowest BCUT2D eigenvalue weighted by Gasteiger charge is -2.10. The highest BCUT2D eigenvalue weighted by atomic mass is 35.5. The van der Waals surface area contributed by atoms with Crippen molar-refractivity contribution in [1.82, 2.24) is 80.2 Å². The molecule has 8 rings (SSSR count). The largest absolute Gasteiger partial charge is 1.00 e. The van der Waals surface area contributed by atoms with Crippen LogP contribution in [0, 0.1) is 0 Å². The van der Waals surface area contributed by atoms with E-state index < -0.39 is 0 Å². The predicted molar refractivity (Wildman–Crippen MR) is 260 cm³/mol. The number of nitrogens with zero attached hydrogens (tertiary/aromatic N) is 20. The highest BCUT2D eigenvalue weighted by Gasteiger charge is 2.21. The Kier molecular flexibility index (Phi) is 25.4. The summed E-state index contributed by atoms with van der Waals surface area (Å²) >= 11 is 0. The van der Waals surface area contributed by atoms with Crippen molar-refractivity contribution in [2.75, 3.05) is 113 Å². The van der Waals surface area contributed by atoms with Crippen molar-refractivity contribution in [3.63, 3.8) is 0 Å². The molecule has 4 aromatic heterocycles. The van der Waals surface area contributed by atoms with E-state index >= 15 is 0 Å². The van der Waals surface area contributed by atoms with Crippen LogP contribution in [0.3, 0.4) is 0 Å². The Labute approximate surface area is 443 Å². The summed E-state index contributed by atoms with van der Waals surface area (Å²) in [6, 6.07) is 33.4. The molecule has 0 aliphatic rings. The molecule has 0 saturated heterocycles. The summed E-state index contributed by atoms with van der Waals surface area (Å²) in [5, 5.41) is 32.0. The number of para-hydroxylation sites is 4. The number of benzene rings is 4. The molecule has 4 aromatic carbocycles. The molecule has 0 amide bonds. The lowest BCUT2D eigenvalue weighted by molar-refractivity contribution is -0.480. The SMILES string of the molecule is CN(C)C(On1nnc2ccccc21)=[N+](C)C.CN(C)C(On1nnc2ccccc21)=[N+](C)C.CN(C)C(On1nnc2ccccc21)=[N+](C)C.CN(C)C(On1nnc2ccccc21)=[N+](C)C.[Cl-].[Cl-].[Cl-].[Cl-]. The molecule has 0 bridgehead atoms. The Balaban J connectivity index is 0.000000471. The highest BCUT2D eigenvalue weighted by molar-refractivity contribution is 5.78. The van der Waals surface area contributed by atoms with Gasteiger partial charge in [0.05, 0.1) is 113 Å². The van der Waals surface area contributed by atoms with E-state index in [4.69, 9.17) is 19.4 Å². The molecule has 24 nitrogen and oxygen atoms in total. The summed E-state index contributed by atoms with van der Waals surface area (Å²) in [5.41, 5.74) is 6.60. The molecule has 0 fully saturated rings. The second kappa shape index (κ2) is 29.2. The molecule has 0 unspecified atom stereocenters. The van der Waals surface area contributed by atoms with Crippen LogP contribution in [0.25, 0.3) is 44.1 Å². The number of halogens is 4. The van der Waals surface area contributed by atoms with Crippen molar-refractivity contribution < 1.29 is 87.3 Å². The Morgan fingerprint density at radius 1 is 0.319 bits per heavy atom. The van der Waals surface area contributed by atoms with E-state index in [1.54, 1.807) is 0 Å². The third-order valence-corrected chi connectivity index (χ3v) is 9.02. The van der Waals surface area contributed by atoms with Gasteiger partial charge in [0.25, 0.3) is 0 Å². The Morgan fingerprint density at radius 2 is 0.486 bits per heavy atom. The van der Waals surface area contributed by atoms with Gasteiger partial charge in [0.15, 0.2) is 0 Å². The Hall–Kier alpha value is -7.28. The van der Waals surface area contributed by atoms with E-state index in [0.29, 0.717) is 24.1 Å². The van der Waals surface area contributed by atoms with Gasteiger partial charge in [0.2, 0.25) is 0 Å². The van der Waals surface area contributed by atoms with Gasteiger partial charge in [-0.3, -0.25) is 19.4 Å².